The molecule has 0 bridgehead atoms. The first-order valence-corrected chi connectivity index (χ1v) is 11.5. The van der Waals surface area contributed by atoms with Gasteiger partial charge in [0.1, 0.15) is 0 Å². The second kappa shape index (κ2) is 9.15. The standard InChI is InChI=1S/C23H20Cl2N4O5/c1-2-32-23(31)20-21(27-17-11-15(25)14(24)10-16(17)26-20)28-5-7-29(8-6-28)22(30)13-3-4-18-19(9-13)34-12-33-18/h3-4,9-11H,2,5-8,12H2,1H3. The van der Waals surface area contributed by atoms with E-state index in [1.165, 1.54) is 0 Å². The van der Waals surface area contributed by atoms with Crippen LogP contribution < -0.4 is 14.4 Å². The molecule has 2 aromatic carbocycles. The second-order valence-electron chi connectivity index (χ2n) is 7.72. The zero-order chi connectivity index (χ0) is 23.8. The zero-order valence-corrected chi connectivity index (χ0v) is 19.7. The molecular weight excluding hydrogens is 483 g/mol. The summed E-state index contributed by atoms with van der Waals surface area (Å²) < 4.78 is 15.9. The Bertz CT molecular complexity index is 1290. The van der Waals surface area contributed by atoms with Crippen molar-refractivity contribution in [3.8, 4) is 11.5 Å². The van der Waals surface area contributed by atoms with Crippen LogP contribution in [-0.4, -0.2) is 66.3 Å². The minimum Gasteiger partial charge on any atom is -0.461 e. The molecule has 0 saturated carbocycles. The largest absolute Gasteiger partial charge is 0.461 e. The van der Waals surface area contributed by atoms with Gasteiger partial charge in [-0.25, -0.2) is 14.8 Å². The van der Waals surface area contributed by atoms with E-state index in [0.717, 1.165) is 0 Å². The number of nitrogens with zero attached hydrogens (tertiary/aromatic N) is 4. The molecule has 34 heavy (non-hydrogen) atoms. The summed E-state index contributed by atoms with van der Waals surface area (Å²) in [4.78, 5) is 38.5. The van der Waals surface area contributed by atoms with Gasteiger partial charge in [0.2, 0.25) is 6.79 Å². The summed E-state index contributed by atoms with van der Waals surface area (Å²) in [6.07, 6.45) is 0. The molecular formula is C23H20Cl2N4O5. The fourth-order valence-electron chi connectivity index (χ4n) is 3.93. The van der Waals surface area contributed by atoms with Crippen LogP contribution in [0, 0.1) is 0 Å². The molecule has 5 rings (SSSR count). The summed E-state index contributed by atoms with van der Waals surface area (Å²) in [5.41, 5.74) is 1.58. The normalized spacial score (nSPS) is 15.0. The number of halogens is 2. The van der Waals surface area contributed by atoms with Gasteiger partial charge in [-0.2, -0.15) is 0 Å². The van der Waals surface area contributed by atoms with Crippen LogP contribution in [0.25, 0.3) is 11.0 Å². The number of hydrogen-bond donors (Lipinski definition) is 0. The Kier molecular flexibility index (Phi) is 6.05. The van der Waals surface area contributed by atoms with E-state index >= 15 is 0 Å². The van der Waals surface area contributed by atoms with Gasteiger partial charge in [-0.1, -0.05) is 23.2 Å². The number of carbonyl (C=O) groups is 2. The summed E-state index contributed by atoms with van der Waals surface area (Å²) in [5, 5.41) is 0.666. The van der Waals surface area contributed by atoms with Gasteiger partial charge in [-0.15, -0.1) is 0 Å². The van der Waals surface area contributed by atoms with Crippen molar-refractivity contribution in [2.75, 3.05) is 44.5 Å². The Labute approximate surface area is 205 Å². The number of aromatic nitrogens is 2. The molecule has 11 heteroatoms. The van der Waals surface area contributed by atoms with Crippen LogP contribution in [0.4, 0.5) is 5.82 Å². The first-order chi connectivity index (χ1) is 16.4. The quantitative estimate of drug-likeness (QED) is 0.497. The van der Waals surface area contributed by atoms with Crippen molar-refractivity contribution in [3.63, 3.8) is 0 Å². The number of anilines is 1. The monoisotopic (exact) mass is 502 g/mol. The Morgan fingerprint density at radius 2 is 1.65 bits per heavy atom. The van der Waals surface area contributed by atoms with Gasteiger partial charge in [0.25, 0.3) is 5.91 Å². The number of esters is 1. The molecule has 9 nitrogen and oxygen atoms in total. The molecule has 1 saturated heterocycles. The van der Waals surface area contributed by atoms with Crippen molar-refractivity contribution in [2.24, 2.45) is 0 Å². The SMILES string of the molecule is CCOC(=O)c1nc2cc(Cl)c(Cl)cc2nc1N1CCN(C(=O)c2ccc3c(c2)OCO3)CC1. The number of piperazine rings is 1. The van der Waals surface area contributed by atoms with E-state index in [9.17, 15) is 9.59 Å². The van der Waals surface area contributed by atoms with E-state index < -0.39 is 5.97 Å². The Hall–Kier alpha value is -3.30. The highest BCUT2D eigenvalue weighted by molar-refractivity contribution is 6.42. The molecule has 0 aliphatic carbocycles. The molecule has 3 aromatic rings. The van der Waals surface area contributed by atoms with Crippen molar-refractivity contribution in [1.82, 2.24) is 14.9 Å². The van der Waals surface area contributed by atoms with E-state index in [1.54, 1.807) is 42.2 Å². The van der Waals surface area contributed by atoms with Crippen LogP contribution in [0.5, 0.6) is 11.5 Å². The molecule has 3 heterocycles. The number of fused-ring (bicyclic) bond motifs is 2. The van der Waals surface area contributed by atoms with Crippen molar-refractivity contribution in [3.05, 3.63) is 51.6 Å². The first kappa shape index (κ1) is 22.5. The smallest absolute Gasteiger partial charge is 0.360 e. The third kappa shape index (κ3) is 4.17. The van der Waals surface area contributed by atoms with Crippen LogP contribution in [0.1, 0.15) is 27.8 Å². The average molecular weight is 503 g/mol. The van der Waals surface area contributed by atoms with Crippen molar-refractivity contribution < 1.29 is 23.8 Å². The van der Waals surface area contributed by atoms with E-state index in [1.807, 2.05) is 4.90 Å². The Morgan fingerprint density at radius 3 is 2.35 bits per heavy atom. The van der Waals surface area contributed by atoms with Gasteiger partial charge >= 0.3 is 5.97 Å². The third-order valence-corrected chi connectivity index (χ3v) is 6.36. The second-order valence-corrected chi connectivity index (χ2v) is 8.53. The van der Waals surface area contributed by atoms with Gasteiger partial charge in [-0.05, 0) is 37.3 Å². The fourth-order valence-corrected chi connectivity index (χ4v) is 4.25. The molecule has 0 radical (unpaired) electrons. The highest BCUT2D eigenvalue weighted by atomic mass is 35.5. The molecule has 2 aliphatic rings. The highest BCUT2D eigenvalue weighted by Crippen LogP contribution is 2.33. The maximum absolute atomic E-state index is 13.0. The van der Waals surface area contributed by atoms with E-state index in [2.05, 4.69) is 9.97 Å². The predicted molar refractivity (Wildman–Crippen MR) is 126 cm³/mol. The zero-order valence-electron chi connectivity index (χ0n) is 18.2. The number of hydrogen-bond acceptors (Lipinski definition) is 8. The first-order valence-electron chi connectivity index (χ1n) is 10.7. The van der Waals surface area contributed by atoms with Crippen molar-refractivity contribution in [2.45, 2.75) is 6.92 Å². The van der Waals surface area contributed by atoms with Gasteiger partial charge in [0.05, 0.1) is 27.7 Å². The third-order valence-electron chi connectivity index (χ3n) is 5.64. The van der Waals surface area contributed by atoms with Crippen LogP contribution in [-0.2, 0) is 4.74 Å². The summed E-state index contributed by atoms with van der Waals surface area (Å²) in [7, 11) is 0. The number of amides is 1. The van der Waals surface area contributed by atoms with Gasteiger partial charge in [-0.3, -0.25) is 4.79 Å². The Morgan fingerprint density at radius 1 is 0.971 bits per heavy atom. The van der Waals surface area contributed by atoms with Crippen LogP contribution in [0.15, 0.2) is 30.3 Å². The van der Waals surface area contributed by atoms with E-state index in [-0.39, 0.29) is 25.0 Å². The number of ether oxygens (including phenoxy) is 3. The summed E-state index contributed by atoms with van der Waals surface area (Å²) in [5.74, 6) is 0.906. The molecule has 176 valence electrons. The van der Waals surface area contributed by atoms with Gasteiger partial charge in [0, 0.05) is 31.7 Å². The fraction of sp³-hybridized carbons (Fsp3) is 0.304. The van der Waals surface area contributed by atoms with Crippen molar-refractivity contribution >= 4 is 51.9 Å². The summed E-state index contributed by atoms with van der Waals surface area (Å²) in [6.45, 7) is 3.89. The number of benzene rings is 2. The molecule has 1 amide bonds. The van der Waals surface area contributed by atoms with Crippen molar-refractivity contribution in [1.29, 1.82) is 0 Å². The maximum atomic E-state index is 13.0. The highest BCUT2D eigenvalue weighted by Gasteiger charge is 2.28. The lowest BCUT2D eigenvalue weighted by Crippen LogP contribution is -2.49. The van der Waals surface area contributed by atoms with Crippen LogP contribution in [0.3, 0.4) is 0 Å². The minimum absolute atomic E-state index is 0.100. The van der Waals surface area contributed by atoms with E-state index in [4.69, 9.17) is 37.4 Å². The minimum atomic E-state index is -0.572. The topological polar surface area (TPSA) is 94.1 Å². The number of carbonyl (C=O) groups excluding carboxylic acids is 2. The molecule has 2 aliphatic heterocycles. The average Bonchev–Trinajstić information content (AvgIpc) is 3.32. The lowest BCUT2D eigenvalue weighted by molar-refractivity contribution is 0.0519. The maximum Gasteiger partial charge on any atom is 0.360 e. The molecule has 0 N–H and O–H groups in total. The van der Waals surface area contributed by atoms with Crippen LogP contribution in [0.2, 0.25) is 10.0 Å². The molecule has 1 aromatic heterocycles. The van der Waals surface area contributed by atoms with Gasteiger partial charge in [0.15, 0.2) is 23.0 Å². The molecule has 0 spiro atoms. The molecule has 0 unspecified atom stereocenters. The molecule has 1 fully saturated rings. The van der Waals surface area contributed by atoms with E-state index in [0.29, 0.717) is 70.1 Å². The molecule has 0 atom stereocenters. The van der Waals surface area contributed by atoms with Gasteiger partial charge < -0.3 is 24.0 Å². The summed E-state index contributed by atoms with van der Waals surface area (Å²) in [6, 6.07) is 8.34. The number of rotatable bonds is 4. The summed E-state index contributed by atoms with van der Waals surface area (Å²) >= 11 is 12.3. The lowest BCUT2D eigenvalue weighted by Gasteiger charge is -2.36. The predicted octanol–water partition coefficient (Wildman–Crippen LogP) is 3.80. The lowest BCUT2D eigenvalue weighted by atomic mass is 10.1. The Balaban J connectivity index is 1.39. The van der Waals surface area contributed by atoms with Crippen LogP contribution >= 0.6 is 23.2 Å².